The molecule has 2 N–H and O–H groups in total. The molecule has 0 saturated heterocycles. The average molecular weight is 1630 g/mol. The summed E-state index contributed by atoms with van der Waals surface area (Å²) in [5, 5.41) is 18.3. The molecule has 0 aromatic heterocycles. The quantitative estimate of drug-likeness (QED) is 0.0326. The van der Waals surface area contributed by atoms with E-state index in [2.05, 4.69) is 28.1 Å². The lowest BCUT2D eigenvalue weighted by molar-refractivity contribution is -0.166. The summed E-state index contributed by atoms with van der Waals surface area (Å²) < 4.78 is 58.0. The first-order chi connectivity index (χ1) is 52.2. The summed E-state index contributed by atoms with van der Waals surface area (Å²) in [6, 6.07) is 0. The van der Waals surface area contributed by atoms with E-state index in [0.29, 0.717) is 52.5 Å². The van der Waals surface area contributed by atoms with Crippen molar-refractivity contribution in [2.24, 2.45) is 56.2 Å². The van der Waals surface area contributed by atoms with Crippen LogP contribution in [0.5, 0.6) is 0 Å². The predicted molar refractivity (Wildman–Crippen MR) is 446 cm³/mol. The molecule has 0 aliphatic heterocycles. The summed E-state index contributed by atoms with van der Waals surface area (Å²) >= 11 is 0. The lowest BCUT2D eigenvalue weighted by Crippen LogP contribution is -2.32. The van der Waals surface area contributed by atoms with Crippen LogP contribution in [0.2, 0.25) is 0 Å². The number of carbonyl (C=O) groups is 12. The Kier molecular flexibility index (Phi) is 86.6. The molecule has 0 heterocycles. The minimum absolute atomic E-state index is 0.0547. The first kappa shape index (κ1) is 127. The van der Waals surface area contributed by atoms with Crippen molar-refractivity contribution in [1.82, 2.24) is 0 Å². The van der Waals surface area contributed by atoms with E-state index in [4.69, 9.17) is 47.7 Å². The highest BCUT2D eigenvalue weighted by atomic mass is 16.6. The monoisotopic (exact) mass is 1630 g/mol. The Labute approximate surface area is 686 Å². The van der Waals surface area contributed by atoms with Crippen LogP contribution in [0.25, 0.3) is 0 Å². The topological polar surface area (TPSA) is 356 Å². The van der Waals surface area contributed by atoms with Crippen molar-refractivity contribution >= 4 is 71.6 Å². The van der Waals surface area contributed by atoms with Gasteiger partial charge >= 0.3 is 71.6 Å². The normalized spacial score (nSPS) is 12.3. The van der Waals surface area contributed by atoms with E-state index in [-0.39, 0.29) is 138 Å². The van der Waals surface area contributed by atoms with Gasteiger partial charge in [-0.05, 0) is 187 Å². The maximum absolute atomic E-state index is 11.6. The molecular formula is C87H170O26. The Morgan fingerprint density at radius 1 is 0.319 bits per heavy atom. The number of esters is 12. The Morgan fingerprint density at radius 2 is 0.593 bits per heavy atom. The molecule has 0 fully saturated rings. The van der Waals surface area contributed by atoms with Gasteiger partial charge in [-0.3, -0.25) is 57.5 Å². The second kappa shape index (κ2) is 76.8. The van der Waals surface area contributed by atoms with Gasteiger partial charge in [0.15, 0.2) is 6.10 Å². The van der Waals surface area contributed by atoms with E-state index in [1.54, 1.807) is 34.6 Å². The number of aliphatic hydroxyl groups excluding tert-OH is 2. The Morgan fingerprint density at radius 3 is 0.858 bits per heavy atom. The summed E-state index contributed by atoms with van der Waals surface area (Å²) in [7, 11) is 2.83. The van der Waals surface area contributed by atoms with Crippen molar-refractivity contribution in [3.05, 3.63) is 0 Å². The van der Waals surface area contributed by atoms with Gasteiger partial charge in [0.1, 0.15) is 25.9 Å². The van der Waals surface area contributed by atoms with E-state index in [1.165, 1.54) is 21.1 Å². The molecule has 0 aliphatic carbocycles. The molecule has 26 heteroatoms. The molecule has 0 radical (unpaired) electrons. The highest BCUT2D eigenvalue weighted by molar-refractivity contribution is 5.78. The third-order valence-electron chi connectivity index (χ3n) is 18.1. The van der Waals surface area contributed by atoms with Crippen molar-refractivity contribution in [2.75, 3.05) is 80.3 Å². The van der Waals surface area contributed by atoms with E-state index in [1.807, 2.05) is 180 Å². The van der Waals surface area contributed by atoms with Gasteiger partial charge in [0.25, 0.3) is 0 Å². The maximum atomic E-state index is 11.6. The number of ether oxygens (including phenoxy) is 12. The summed E-state index contributed by atoms with van der Waals surface area (Å²) in [6.45, 7) is 66.6. The van der Waals surface area contributed by atoms with E-state index in [9.17, 15) is 62.6 Å². The van der Waals surface area contributed by atoms with Crippen LogP contribution in [0.1, 0.15) is 345 Å². The Balaban J connectivity index is -0.000000132. The van der Waals surface area contributed by atoms with Gasteiger partial charge in [-0.15, -0.1) is 0 Å². The van der Waals surface area contributed by atoms with Crippen LogP contribution in [0.15, 0.2) is 0 Å². The van der Waals surface area contributed by atoms with Gasteiger partial charge in [-0.25, -0.2) is 0 Å². The fourth-order valence-electron chi connectivity index (χ4n) is 5.71. The zero-order valence-corrected chi connectivity index (χ0v) is 78.2. The van der Waals surface area contributed by atoms with Crippen molar-refractivity contribution in [1.29, 1.82) is 0 Å². The molecule has 0 bridgehead atoms. The van der Waals surface area contributed by atoms with Crippen LogP contribution in [0, 0.1) is 56.2 Å². The molecule has 26 nitrogen and oxygen atoms in total. The third kappa shape index (κ3) is 75.4. The molecule has 6 atom stereocenters. The molecule has 0 rings (SSSR count). The van der Waals surface area contributed by atoms with Crippen LogP contribution in [-0.2, 0) is 114 Å². The predicted octanol–water partition coefficient (Wildman–Crippen LogP) is 18.1. The molecule has 674 valence electrons. The zero-order valence-electron chi connectivity index (χ0n) is 78.2. The number of hydrogen-bond acceptors (Lipinski definition) is 26. The van der Waals surface area contributed by atoms with Crippen LogP contribution >= 0.6 is 0 Å². The molecule has 0 aliphatic rings. The average Bonchev–Trinajstić information content (AvgIpc) is 0.787. The fraction of sp³-hybridized carbons (Fsp3) is 0.862. The Hall–Kier alpha value is -6.44. The smallest absolute Gasteiger partial charge is 0.311 e. The molecule has 0 saturated carbocycles. The lowest BCUT2D eigenvalue weighted by Gasteiger charge is -2.22. The van der Waals surface area contributed by atoms with Gasteiger partial charge in [0, 0.05) is 13.3 Å². The molecule has 0 aromatic rings. The summed E-state index contributed by atoms with van der Waals surface area (Å²) in [6.07, 6.45) is 12.4. The van der Waals surface area contributed by atoms with Crippen LogP contribution in [0.4, 0.5) is 0 Å². The summed E-state index contributed by atoms with van der Waals surface area (Å²) in [5.41, 5.74) is -2.36. The number of aliphatic hydroxyl groups is 2. The van der Waals surface area contributed by atoms with Crippen LogP contribution in [0.3, 0.4) is 0 Å². The van der Waals surface area contributed by atoms with Crippen LogP contribution < -0.4 is 0 Å². The summed E-state index contributed by atoms with van der Waals surface area (Å²) in [4.78, 5) is 132. The molecule has 0 aromatic carbocycles. The largest absolute Gasteiger partial charge is 0.469 e. The van der Waals surface area contributed by atoms with E-state index < -0.39 is 35.0 Å². The Bertz CT molecular complexity index is 2450. The number of methoxy groups -OCH3 is 2. The molecule has 0 amide bonds. The maximum Gasteiger partial charge on any atom is 0.311 e. The van der Waals surface area contributed by atoms with Gasteiger partial charge < -0.3 is 67.1 Å². The summed E-state index contributed by atoms with van der Waals surface area (Å²) in [5.74, 6) is -2.08. The number of hydrogen-bond donors (Lipinski definition) is 2. The van der Waals surface area contributed by atoms with Crippen LogP contribution in [-0.4, -0.2) is 174 Å². The molecule has 0 spiro atoms. The standard InChI is InChI=1S/C12H22O5.C11H20O5.C10H20O2.2C9H18O2.2C8H16O2.2C7H14O2.C6H12O2/c1-5-10(14)17-9(7-13)8-16-11(15)12(3,4)6-2;1-5-11(3,4)10(14)16-7-9(13)6-15-8(2)12;1-5-7-8-12-9(11)10(3,4)6-2;1-5-7-11-8(10)9(3,4)6-2;1-4-6-7-11-9(10)8(3)5-2;1-5-8(3,4)7(9)10-6-2;1-4-6-10-8(9)7(3)5-2;1-5-7(2,3)6(8)9-4;1-4-6(3)7(8)9-5-2;1-4-5(2)6(7)8-3/h9,13H,5-8H2,1-4H3;9,13H,5-7H2,1-4H3;5-8H2,1-4H3;5-7H2,1-4H3;8H,4-7H2,1-3H3;5-6H2,1-4H3;7H,4-6H2,1-3H3;5H2,1-4H3;6H,4-5H2,1-3H3;5H,4H2,1-3H3. The zero-order chi connectivity index (χ0) is 91.0. The molecule has 6 unspecified atom stereocenters. The van der Waals surface area contributed by atoms with Gasteiger partial charge in [-0.2, -0.15) is 0 Å². The molecule has 113 heavy (non-hydrogen) atoms. The first-order valence-electron chi connectivity index (χ1n) is 41.3. The van der Waals surface area contributed by atoms with Crippen molar-refractivity contribution in [3.63, 3.8) is 0 Å². The van der Waals surface area contributed by atoms with Gasteiger partial charge in [0.05, 0.1) is 117 Å². The van der Waals surface area contributed by atoms with Crippen molar-refractivity contribution in [3.8, 4) is 0 Å². The first-order valence-corrected chi connectivity index (χ1v) is 41.3. The third-order valence-corrected chi connectivity index (χ3v) is 18.1. The van der Waals surface area contributed by atoms with Crippen molar-refractivity contribution in [2.45, 2.75) is 357 Å². The van der Waals surface area contributed by atoms with Gasteiger partial charge in [-0.1, -0.05) is 144 Å². The van der Waals surface area contributed by atoms with E-state index >= 15 is 0 Å². The highest BCUT2D eigenvalue weighted by Gasteiger charge is 2.32. The van der Waals surface area contributed by atoms with Gasteiger partial charge in [0.2, 0.25) is 0 Å². The number of unbranched alkanes of at least 4 members (excludes halogenated alkanes) is 2. The second-order valence-corrected chi connectivity index (χ2v) is 30.8. The highest BCUT2D eigenvalue weighted by Crippen LogP contribution is 2.26. The number of rotatable bonds is 41. The SMILES string of the molecule is CCC(=O)OC(CO)COC(=O)C(C)(C)CC.CCC(C)(C)C(=O)OC.CCC(C)(C)C(=O)OCC(O)COC(C)=O.CCC(C)C(=O)OC.CCCCOC(=O)C(C)(C)CC.CCCCOC(=O)C(C)CC.CCCOC(=O)C(C)(C)CC.CCCOC(=O)C(C)CC.CCOC(=O)C(C)(C)CC.CCOC(=O)C(C)CC. The van der Waals surface area contributed by atoms with E-state index in [0.717, 1.165) is 89.9 Å². The lowest BCUT2D eigenvalue weighted by atomic mass is 9.91. The molecular weight excluding hydrogens is 1460 g/mol. The fourth-order valence-corrected chi connectivity index (χ4v) is 5.71. The minimum Gasteiger partial charge on any atom is -0.469 e. The second-order valence-electron chi connectivity index (χ2n) is 30.8. The minimum atomic E-state index is -0.972. The van der Waals surface area contributed by atoms with Crippen molar-refractivity contribution < 1.29 is 125 Å². The number of carbonyl (C=O) groups excluding carboxylic acids is 12.